The Morgan fingerprint density at radius 3 is 3.14 bits per heavy atom. The number of hydrogen-bond donors (Lipinski definition) is 1. The van der Waals surface area contributed by atoms with E-state index in [-0.39, 0.29) is 5.82 Å². The average Bonchev–Trinajstić information content (AvgIpc) is 2.67. The van der Waals surface area contributed by atoms with E-state index < -0.39 is 0 Å². The summed E-state index contributed by atoms with van der Waals surface area (Å²) in [5.41, 5.74) is 0.878. The zero-order valence-corrected chi connectivity index (χ0v) is 7.66. The SMILES string of the molecule is Fc1cccc(CNC2=NCCO2)c1. The number of halogens is 1. The summed E-state index contributed by atoms with van der Waals surface area (Å²) >= 11 is 0. The minimum atomic E-state index is -0.224. The number of ether oxygens (including phenoxy) is 1. The minimum absolute atomic E-state index is 0.224. The third-order valence-electron chi connectivity index (χ3n) is 1.92. The first kappa shape index (κ1) is 8.99. The maximum atomic E-state index is 12.8. The van der Waals surface area contributed by atoms with E-state index in [0.717, 1.165) is 5.56 Å². The van der Waals surface area contributed by atoms with Crippen molar-refractivity contribution in [3.05, 3.63) is 35.6 Å². The maximum absolute atomic E-state index is 12.8. The fourth-order valence-electron chi connectivity index (χ4n) is 1.27. The predicted molar refractivity (Wildman–Crippen MR) is 51.5 cm³/mol. The number of hydrogen-bond acceptors (Lipinski definition) is 3. The largest absolute Gasteiger partial charge is 0.463 e. The molecule has 0 saturated heterocycles. The lowest BCUT2D eigenvalue weighted by atomic mass is 10.2. The number of aliphatic imine (C=N–C) groups is 1. The molecule has 0 radical (unpaired) electrons. The molecule has 0 aromatic heterocycles. The molecule has 3 nitrogen and oxygen atoms in total. The number of amidine groups is 1. The molecule has 1 heterocycles. The summed E-state index contributed by atoms with van der Waals surface area (Å²) in [6.07, 6.45) is 0. The van der Waals surface area contributed by atoms with Gasteiger partial charge in [0.2, 0.25) is 0 Å². The fraction of sp³-hybridized carbons (Fsp3) is 0.300. The Bertz CT molecular complexity index is 352. The lowest BCUT2D eigenvalue weighted by Gasteiger charge is -2.05. The molecule has 1 aliphatic rings. The van der Waals surface area contributed by atoms with Gasteiger partial charge < -0.3 is 10.1 Å². The van der Waals surface area contributed by atoms with E-state index in [2.05, 4.69) is 10.3 Å². The van der Waals surface area contributed by atoms with Gasteiger partial charge in [-0.25, -0.2) is 9.38 Å². The second-order valence-electron chi connectivity index (χ2n) is 3.02. The van der Waals surface area contributed by atoms with Crippen LogP contribution >= 0.6 is 0 Å². The standard InChI is InChI=1S/C10H11FN2O/c11-9-3-1-2-8(6-9)7-13-10-12-4-5-14-10/h1-3,6H,4-5,7H2,(H,12,13). The Balaban J connectivity index is 1.91. The number of nitrogens with one attached hydrogen (secondary N) is 1. The van der Waals surface area contributed by atoms with Crippen LogP contribution in [0.1, 0.15) is 5.56 Å². The van der Waals surface area contributed by atoms with Crippen LogP contribution in [0.3, 0.4) is 0 Å². The van der Waals surface area contributed by atoms with Gasteiger partial charge in [-0.2, -0.15) is 0 Å². The summed E-state index contributed by atoms with van der Waals surface area (Å²) in [4.78, 5) is 4.06. The Morgan fingerprint density at radius 1 is 1.50 bits per heavy atom. The molecule has 0 amide bonds. The molecule has 1 aliphatic heterocycles. The van der Waals surface area contributed by atoms with Gasteiger partial charge in [0.15, 0.2) is 0 Å². The first-order valence-electron chi connectivity index (χ1n) is 4.50. The zero-order valence-electron chi connectivity index (χ0n) is 7.66. The molecule has 0 bridgehead atoms. The average molecular weight is 194 g/mol. The quantitative estimate of drug-likeness (QED) is 0.770. The molecule has 2 rings (SSSR count). The van der Waals surface area contributed by atoms with E-state index in [1.165, 1.54) is 12.1 Å². The van der Waals surface area contributed by atoms with Crippen LogP contribution in [0.2, 0.25) is 0 Å². The van der Waals surface area contributed by atoms with Crippen molar-refractivity contribution in [2.75, 3.05) is 13.2 Å². The van der Waals surface area contributed by atoms with Crippen LogP contribution in [-0.2, 0) is 11.3 Å². The molecule has 1 N–H and O–H groups in total. The summed E-state index contributed by atoms with van der Waals surface area (Å²) in [7, 11) is 0. The van der Waals surface area contributed by atoms with Gasteiger partial charge in [0.25, 0.3) is 6.02 Å². The second kappa shape index (κ2) is 4.09. The van der Waals surface area contributed by atoms with E-state index in [1.54, 1.807) is 6.07 Å². The Kier molecular flexibility index (Phi) is 2.62. The normalized spacial score (nSPS) is 14.8. The van der Waals surface area contributed by atoms with E-state index in [0.29, 0.717) is 25.7 Å². The summed E-state index contributed by atoms with van der Waals surface area (Å²) in [6, 6.07) is 7.00. The van der Waals surface area contributed by atoms with Crippen LogP contribution in [0.5, 0.6) is 0 Å². The van der Waals surface area contributed by atoms with E-state index in [1.807, 2.05) is 6.07 Å². The molecular weight excluding hydrogens is 183 g/mol. The summed E-state index contributed by atoms with van der Waals surface area (Å²) in [6.45, 7) is 1.87. The molecule has 1 aromatic rings. The van der Waals surface area contributed by atoms with Gasteiger partial charge >= 0.3 is 0 Å². The lowest BCUT2D eigenvalue weighted by Crippen LogP contribution is -2.22. The van der Waals surface area contributed by atoms with Crippen molar-refractivity contribution in [3.8, 4) is 0 Å². The van der Waals surface area contributed by atoms with Gasteiger partial charge in [0.1, 0.15) is 12.4 Å². The Morgan fingerprint density at radius 2 is 2.43 bits per heavy atom. The first-order valence-corrected chi connectivity index (χ1v) is 4.50. The molecule has 0 fully saturated rings. The molecule has 14 heavy (non-hydrogen) atoms. The lowest BCUT2D eigenvalue weighted by molar-refractivity contribution is 0.331. The maximum Gasteiger partial charge on any atom is 0.285 e. The number of benzene rings is 1. The monoisotopic (exact) mass is 194 g/mol. The minimum Gasteiger partial charge on any atom is -0.463 e. The molecule has 0 aliphatic carbocycles. The molecule has 4 heteroatoms. The van der Waals surface area contributed by atoms with Crippen molar-refractivity contribution in [1.82, 2.24) is 5.32 Å². The van der Waals surface area contributed by atoms with Gasteiger partial charge in [0, 0.05) is 6.54 Å². The van der Waals surface area contributed by atoms with Crippen molar-refractivity contribution in [1.29, 1.82) is 0 Å². The van der Waals surface area contributed by atoms with Crippen molar-refractivity contribution in [3.63, 3.8) is 0 Å². The molecule has 0 spiro atoms. The molecule has 0 atom stereocenters. The van der Waals surface area contributed by atoms with E-state index >= 15 is 0 Å². The van der Waals surface area contributed by atoms with Crippen LogP contribution in [0.25, 0.3) is 0 Å². The fourth-order valence-corrected chi connectivity index (χ4v) is 1.27. The van der Waals surface area contributed by atoms with Crippen LogP contribution < -0.4 is 5.32 Å². The zero-order chi connectivity index (χ0) is 9.80. The van der Waals surface area contributed by atoms with E-state index in [4.69, 9.17) is 4.74 Å². The smallest absolute Gasteiger partial charge is 0.285 e. The van der Waals surface area contributed by atoms with Crippen LogP contribution in [-0.4, -0.2) is 19.2 Å². The number of rotatable bonds is 2. The van der Waals surface area contributed by atoms with Crippen LogP contribution in [0.15, 0.2) is 29.3 Å². The highest BCUT2D eigenvalue weighted by atomic mass is 19.1. The highest BCUT2D eigenvalue weighted by molar-refractivity contribution is 5.74. The van der Waals surface area contributed by atoms with Crippen LogP contribution in [0, 0.1) is 5.82 Å². The van der Waals surface area contributed by atoms with E-state index in [9.17, 15) is 4.39 Å². The van der Waals surface area contributed by atoms with Crippen LogP contribution in [0.4, 0.5) is 4.39 Å². The first-order chi connectivity index (χ1) is 6.84. The van der Waals surface area contributed by atoms with Crippen molar-refractivity contribution in [2.45, 2.75) is 6.54 Å². The third kappa shape index (κ3) is 2.22. The summed E-state index contributed by atoms with van der Waals surface area (Å²) in [5, 5.41) is 2.99. The highest BCUT2D eigenvalue weighted by Gasteiger charge is 2.05. The predicted octanol–water partition coefficient (Wildman–Crippen LogP) is 1.30. The number of nitrogens with zero attached hydrogens (tertiary/aromatic N) is 1. The molecule has 0 saturated carbocycles. The summed E-state index contributed by atoms with van der Waals surface area (Å²) < 4.78 is 17.9. The Labute approximate surface area is 81.6 Å². The third-order valence-corrected chi connectivity index (χ3v) is 1.92. The molecule has 0 unspecified atom stereocenters. The molecule has 74 valence electrons. The highest BCUT2D eigenvalue weighted by Crippen LogP contribution is 2.03. The second-order valence-corrected chi connectivity index (χ2v) is 3.02. The van der Waals surface area contributed by atoms with Gasteiger partial charge in [-0.3, -0.25) is 0 Å². The molecule has 1 aromatic carbocycles. The Hall–Kier alpha value is -1.58. The van der Waals surface area contributed by atoms with Crippen molar-refractivity contribution >= 4 is 6.02 Å². The topological polar surface area (TPSA) is 33.6 Å². The van der Waals surface area contributed by atoms with Crippen molar-refractivity contribution < 1.29 is 9.13 Å². The van der Waals surface area contributed by atoms with Crippen molar-refractivity contribution in [2.24, 2.45) is 4.99 Å². The molecular formula is C10H11FN2O. The van der Waals surface area contributed by atoms with Gasteiger partial charge in [-0.1, -0.05) is 12.1 Å². The van der Waals surface area contributed by atoms with Gasteiger partial charge in [-0.05, 0) is 17.7 Å². The summed E-state index contributed by atoms with van der Waals surface area (Å²) in [5.74, 6) is -0.224. The van der Waals surface area contributed by atoms with Gasteiger partial charge in [0.05, 0.1) is 6.54 Å². The van der Waals surface area contributed by atoms with Gasteiger partial charge in [-0.15, -0.1) is 0 Å².